The predicted molar refractivity (Wildman–Crippen MR) is 59.6 cm³/mol. The monoisotopic (exact) mass is 181 g/mol. The van der Waals surface area contributed by atoms with Crippen molar-refractivity contribution < 1.29 is 0 Å². The molecule has 1 aliphatic rings. The van der Waals surface area contributed by atoms with Crippen LogP contribution in [0.25, 0.3) is 0 Å². The molecule has 1 aliphatic carbocycles. The van der Waals surface area contributed by atoms with Gasteiger partial charge in [-0.3, -0.25) is 0 Å². The van der Waals surface area contributed by atoms with Gasteiger partial charge in [0.25, 0.3) is 0 Å². The molecule has 2 unspecified atom stereocenters. The maximum Gasteiger partial charge on any atom is -0.0300 e. The van der Waals surface area contributed by atoms with Gasteiger partial charge in [0.15, 0.2) is 0 Å². The minimum atomic E-state index is 0.345. The van der Waals surface area contributed by atoms with E-state index < -0.39 is 0 Å². The van der Waals surface area contributed by atoms with Crippen LogP contribution in [0.2, 0.25) is 0 Å². The molecule has 0 N–H and O–H groups in total. The minimum absolute atomic E-state index is 0.345. The van der Waals surface area contributed by atoms with Crippen LogP contribution in [0.1, 0.15) is 65.2 Å². The zero-order valence-electron chi connectivity index (χ0n) is 9.44. The molecule has 0 spiro atoms. The van der Waals surface area contributed by atoms with E-state index in [1.165, 1.54) is 51.4 Å². The van der Waals surface area contributed by atoms with Crippen molar-refractivity contribution in [1.29, 1.82) is 0 Å². The van der Waals surface area contributed by atoms with Gasteiger partial charge >= 0.3 is 0 Å². The van der Waals surface area contributed by atoms with Crippen LogP contribution in [0.4, 0.5) is 0 Å². The molecule has 1 fully saturated rings. The predicted octanol–water partition coefficient (Wildman–Crippen LogP) is 4.60. The number of hydrogen-bond acceptors (Lipinski definition) is 0. The normalized spacial score (nSPS) is 31.2. The molecule has 0 heteroatoms. The van der Waals surface area contributed by atoms with Gasteiger partial charge in [-0.25, -0.2) is 0 Å². The summed E-state index contributed by atoms with van der Waals surface area (Å²) in [4.78, 5) is 0. The highest BCUT2D eigenvalue weighted by atomic mass is 14.3. The molecule has 13 heavy (non-hydrogen) atoms. The van der Waals surface area contributed by atoms with Gasteiger partial charge in [-0.15, -0.1) is 0 Å². The fourth-order valence-corrected chi connectivity index (χ4v) is 2.28. The Bertz CT molecular complexity index is 135. The molecule has 1 rings (SSSR count). The molecule has 0 bridgehead atoms. The van der Waals surface area contributed by atoms with Crippen LogP contribution in [-0.4, -0.2) is 0 Å². The Morgan fingerprint density at radius 2 is 1.54 bits per heavy atom. The molecule has 0 aromatic heterocycles. The largest absolute Gasteiger partial charge is 0.0620 e. The lowest BCUT2D eigenvalue weighted by molar-refractivity contribution is 0.219. The van der Waals surface area contributed by atoms with E-state index in [2.05, 4.69) is 20.8 Å². The van der Waals surface area contributed by atoms with Crippen LogP contribution in [-0.2, 0) is 0 Å². The van der Waals surface area contributed by atoms with Crippen molar-refractivity contribution in [2.24, 2.45) is 11.3 Å². The summed E-state index contributed by atoms with van der Waals surface area (Å²) >= 11 is 0. The molecule has 0 aromatic rings. The smallest absolute Gasteiger partial charge is 0.0300 e. The first kappa shape index (κ1) is 11.1. The quantitative estimate of drug-likeness (QED) is 0.512. The maximum atomic E-state index is 4.38. The number of rotatable bonds is 0. The highest BCUT2D eigenvalue weighted by molar-refractivity contribution is 4.82. The van der Waals surface area contributed by atoms with Crippen LogP contribution in [0.3, 0.4) is 0 Å². The summed E-state index contributed by atoms with van der Waals surface area (Å²) in [6.45, 7) is 9.11. The molecule has 0 amide bonds. The topological polar surface area (TPSA) is 0 Å². The summed E-state index contributed by atoms with van der Waals surface area (Å²) in [5, 5.41) is 0. The van der Waals surface area contributed by atoms with Gasteiger partial charge in [-0.1, -0.05) is 58.8 Å². The van der Waals surface area contributed by atoms with Crippen molar-refractivity contribution in [2.75, 3.05) is 0 Å². The van der Waals surface area contributed by atoms with Crippen molar-refractivity contribution >= 4 is 0 Å². The van der Waals surface area contributed by atoms with Crippen molar-refractivity contribution in [2.45, 2.75) is 65.2 Å². The molecule has 1 radical (unpaired) electrons. The third-order valence-electron chi connectivity index (χ3n) is 3.82. The molecule has 0 nitrogen and oxygen atoms in total. The first-order valence-electron chi connectivity index (χ1n) is 5.98. The summed E-state index contributed by atoms with van der Waals surface area (Å²) in [7, 11) is 0. The van der Waals surface area contributed by atoms with Gasteiger partial charge in [-0.05, 0) is 24.7 Å². The van der Waals surface area contributed by atoms with Crippen LogP contribution in [0.15, 0.2) is 0 Å². The van der Waals surface area contributed by atoms with Gasteiger partial charge in [0, 0.05) is 0 Å². The van der Waals surface area contributed by atoms with Crippen LogP contribution < -0.4 is 0 Å². The van der Waals surface area contributed by atoms with E-state index in [0.29, 0.717) is 5.41 Å². The van der Waals surface area contributed by atoms with E-state index in [0.717, 1.165) is 5.92 Å². The summed E-state index contributed by atoms with van der Waals surface area (Å²) in [5.41, 5.74) is 0.345. The summed E-state index contributed by atoms with van der Waals surface area (Å²) < 4.78 is 0. The Labute approximate surface area is 84.1 Å². The van der Waals surface area contributed by atoms with Crippen LogP contribution >= 0.6 is 0 Å². The number of hydrogen-bond donors (Lipinski definition) is 0. The fraction of sp³-hybridized carbons (Fsp3) is 0.923. The highest BCUT2D eigenvalue weighted by Crippen LogP contribution is 2.36. The summed E-state index contributed by atoms with van der Waals surface area (Å²) in [5.74, 6) is 0.811. The van der Waals surface area contributed by atoms with Crippen LogP contribution in [0.5, 0.6) is 0 Å². The zero-order chi connectivity index (χ0) is 9.73. The zero-order valence-corrected chi connectivity index (χ0v) is 9.44. The van der Waals surface area contributed by atoms with Crippen molar-refractivity contribution in [1.82, 2.24) is 0 Å². The van der Waals surface area contributed by atoms with E-state index in [4.69, 9.17) is 0 Å². The van der Waals surface area contributed by atoms with Crippen molar-refractivity contribution in [3.8, 4) is 0 Å². The first-order valence-corrected chi connectivity index (χ1v) is 5.98. The van der Waals surface area contributed by atoms with Gasteiger partial charge < -0.3 is 0 Å². The van der Waals surface area contributed by atoms with Gasteiger partial charge in [0.05, 0.1) is 0 Å². The molecule has 0 saturated heterocycles. The van der Waals surface area contributed by atoms with Crippen molar-refractivity contribution in [3.05, 3.63) is 6.92 Å². The average Bonchev–Trinajstić information content (AvgIpc) is 2.08. The molecule has 0 heterocycles. The molecular formula is C13H25. The second-order valence-electron chi connectivity index (χ2n) is 5.22. The highest BCUT2D eigenvalue weighted by Gasteiger charge is 2.25. The van der Waals surface area contributed by atoms with Gasteiger partial charge in [0.1, 0.15) is 0 Å². The molecule has 1 saturated carbocycles. The average molecular weight is 181 g/mol. The van der Waals surface area contributed by atoms with Gasteiger partial charge in [0.2, 0.25) is 0 Å². The lowest BCUT2D eigenvalue weighted by Crippen LogP contribution is -2.22. The third kappa shape index (κ3) is 3.70. The molecular weight excluding hydrogens is 156 g/mol. The SMILES string of the molecule is [CH2]C1(C)CCCCCCCCC1C. The van der Waals surface area contributed by atoms with E-state index in [1.54, 1.807) is 0 Å². The fourth-order valence-electron chi connectivity index (χ4n) is 2.28. The van der Waals surface area contributed by atoms with Gasteiger partial charge in [-0.2, -0.15) is 0 Å². The standard InChI is InChI=1S/C13H25/c1-12-10-8-6-4-5-7-9-11-13(12,2)3/h12H,2,4-11H2,1,3H3. The van der Waals surface area contributed by atoms with E-state index >= 15 is 0 Å². The van der Waals surface area contributed by atoms with Crippen LogP contribution in [0, 0.1) is 18.3 Å². The van der Waals surface area contributed by atoms with E-state index in [9.17, 15) is 0 Å². The Morgan fingerprint density at radius 1 is 1.00 bits per heavy atom. The molecule has 0 aliphatic heterocycles. The summed E-state index contributed by atoms with van der Waals surface area (Å²) in [6, 6.07) is 0. The Hall–Kier alpha value is 0. The Morgan fingerprint density at radius 3 is 2.23 bits per heavy atom. The Kier molecular flexibility index (Phi) is 4.28. The molecule has 0 aromatic carbocycles. The lowest BCUT2D eigenvalue weighted by Gasteiger charge is -2.32. The van der Waals surface area contributed by atoms with Crippen molar-refractivity contribution in [3.63, 3.8) is 0 Å². The van der Waals surface area contributed by atoms with E-state index in [-0.39, 0.29) is 0 Å². The first-order chi connectivity index (χ1) is 6.13. The second kappa shape index (κ2) is 5.02. The summed E-state index contributed by atoms with van der Waals surface area (Å²) in [6.07, 6.45) is 11.3. The third-order valence-corrected chi connectivity index (χ3v) is 3.82. The second-order valence-corrected chi connectivity index (χ2v) is 5.22. The Balaban J connectivity index is 2.42. The molecule has 77 valence electrons. The molecule has 2 atom stereocenters. The maximum absolute atomic E-state index is 4.38. The van der Waals surface area contributed by atoms with E-state index in [1.807, 2.05) is 0 Å². The minimum Gasteiger partial charge on any atom is -0.0620 e. The lowest BCUT2D eigenvalue weighted by atomic mass is 9.73.